The molecule has 3 rings (SSSR count). The lowest BCUT2D eigenvalue weighted by Gasteiger charge is -2.11. The van der Waals surface area contributed by atoms with Gasteiger partial charge >= 0.3 is 5.97 Å². The van der Waals surface area contributed by atoms with Crippen LogP contribution in [0.5, 0.6) is 0 Å². The molecule has 2 atom stereocenters. The molecule has 0 spiro atoms. The maximum absolute atomic E-state index is 10.8. The molecule has 0 aliphatic carbocycles. The first-order chi connectivity index (χ1) is 9.72. The van der Waals surface area contributed by atoms with E-state index in [4.69, 9.17) is 9.84 Å². The molecule has 3 nitrogen and oxygen atoms in total. The van der Waals surface area contributed by atoms with E-state index in [0.29, 0.717) is 6.42 Å². The van der Waals surface area contributed by atoms with Gasteiger partial charge in [0.2, 0.25) is 0 Å². The lowest BCUT2D eigenvalue weighted by molar-refractivity contribution is -0.148. The molecule has 1 N–H and O–H groups in total. The van der Waals surface area contributed by atoms with Gasteiger partial charge in [-0.1, -0.05) is 30.3 Å². The third-order valence-corrected chi connectivity index (χ3v) is 4.67. The number of carboxylic acid groups (broad SMARTS) is 1. The smallest absolute Gasteiger partial charge is 0.332 e. The molecular formula is C16H16O3S. The lowest BCUT2D eigenvalue weighted by Crippen LogP contribution is -2.21. The minimum absolute atomic E-state index is 0.0487. The normalized spacial score (nSPS) is 22.2. The Labute approximate surface area is 121 Å². The molecule has 0 aromatic heterocycles. The number of hydrogen-bond donors (Lipinski definition) is 1. The van der Waals surface area contributed by atoms with Gasteiger partial charge in [-0.15, -0.1) is 11.8 Å². The highest BCUT2D eigenvalue weighted by molar-refractivity contribution is 7.99. The van der Waals surface area contributed by atoms with Gasteiger partial charge < -0.3 is 9.84 Å². The minimum atomic E-state index is -0.844. The van der Waals surface area contributed by atoms with Gasteiger partial charge in [0.1, 0.15) is 0 Å². The van der Waals surface area contributed by atoms with E-state index < -0.39 is 12.1 Å². The molecule has 2 aromatic carbocycles. The van der Waals surface area contributed by atoms with Crippen LogP contribution in [0.4, 0.5) is 0 Å². The molecule has 0 amide bonds. The van der Waals surface area contributed by atoms with Crippen molar-refractivity contribution in [2.24, 2.45) is 0 Å². The third kappa shape index (κ3) is 2.97. The number of benzene rings is 2. The molecular weight excluding hydrogens is 272 g/mol. The van der Waals surface area contributed by atoms with Crippen LogP contribution >= 0.6 is 11.8 Å². The highest BCUT2D eigenvalue weighted by Gasteiger charge is 2.30. The molecule has 2 aromatic rings. The highest BCUT2D eigenvalue weighted by Crippen LogP contribution is 2.28. The number of hydrogen-bond acceptors (Lipinski definition) is 3. The number of rotatable bonds is 4. The van der Waals surface area contributed by atoms with Crippen LogP contribution in [0.1, 0.15) is 12.8 Å². The van der Waals surface area contributed by atoms with Crippen LogP contribution in [-0.4, -0.2) is 29.0 Å². The number of ether oxygens (including phenoxy) is 1. The van der Waals surface area contributed by atoms with Crippen molar-refractivity contribution >= 4 is 28.5 Å². The first-order valence-electron chi connectivity index (χ1n) is 6.72. The summed E-state index contributed by atoms with van der Waals surface area (Å²) < 4.78 is 5.51. The Balaban J connectivity index is 1.61. The van der Waals surface area contributed by atoms with Gasteiger partial charge in [-0.2, -0.15) is 0 Å². The maximum Gasteiger partial charge on any atom is 0.332 e. The first kappa shape index (κ1) is 13.5. The fraction of sp³-hybridized carbons (Fsp3) is 0.312. The van der Waals surface area contributed by atoms with Gasteiger partial charge in [0, 0.05) is 10.6 Å². The molecule has 2 unspecified atom stereocenters. The average Bonchev–Trinajstić information content (AvgIpc) is 2.94. The summed E-state index contributed by atoms with van der Waals surface area (Å²) in [5.41, 5.74) is 0. The number of fused-ring (bicyclic) bond motifs is 1. The zero-order chi connectivity index (χ0) is 13.9. The first-order valence-corrected chi connectivity index (χ1v) is 7.71. The van der Waals surface area contributed by atoms with Crippen molar-refractivity contribution in [2.45, 2.75) is 29.9 Å². The Morgan fingerprint density at radius 2 is 2.00 bits per heavy atom. The molecule has 0 saturated carbocycles. The average molecular weight is 288 g/mol. The molecule has 1 aliphatic rings. The molecule has 1 saturated heterocycles. The van der Waals surface area contributed by atoms with E-state index >= 15 is 0 Å². The number of carbonyl (C=O) groups is 1. The summed E-state index contributed by atoms with van der Waals surface area (Å²) in [5, 5.41) is 11.4. The van der Waals surface area contributed by atoms with E-state index in [9.17, 15) is 4.79 Å². The van der Waals surface area contributed by atoms with Crippen LogP contribution in [0.15, 0.2) is 47.4 Å². The summed E-state index contributed by atoms with van der Waals surface area (Å²) in [6.45, 7) is 0. The van der Waals surface area contributed by atoms with E-state index in [1.165, 1.54) is 15.7 Å². The number of carboxylic acids is 1. The van der Waals surface area contributed by atoms with Crippen LogP contribution in [0, 0.1) is 0 Å². The van der Waals surface area contributed by atoms with Crippen molar-refractivity contribution in [3.05, 3.63) is 42.5 Å². The van der Waals surface area contributed by atoms with E-state index in [1.54, 1.807) is 11.8 Å². The Bertz CT molecular complexity index is 626. The summed E-state index contributed by atoms with van der Waals surface area (Å²) in [6.07, 6.45) is 0.889. The van der Waals surface area contributed by atoms with Crippen LogP contribution in [0.3, 0.4) is 0 Å². The van der Waals surface area contributed by atoms with Crippen molar-refractivity contribution in [3.63, 3.8) is 0 Å². The second-order valence-corrected chi connectivity index (χ2v) is 6.08. The van der Waals surface area contributed by atoms with Gasteiger partial charge in [-0.05, 0) is 35.7 Å². The quantitative estimate of drug-likeness (QED) is 0.874. The second-order valence-electron chi connectivity index (χ2n) is 4.98. The molecule has 0 bridgehead atoms. The Hall–Kier alpha value is -1.52. The van der Waals surface area contributed by atoms with Crippen LogP contribution in [0.25, 0.3) is 10.8 Å². The topological polar surface area (TPSA) is 46.5 Å². The number of thioether (sulfide) groups is 1. The number of aliphatic carboxylic acids is 1. The van der Waals surface area contributed by atoms with Gasteiger partial charge in [0.25, 0.3) is 0 Å². The maximum atomic E-state index is 10.8. The van der Waals surface area contributed by atoms with Crippen LogP contribution < -0.4 is 0 Å². The van der Waals surface area contributed by atoms with Gasteiger partial charge in [-0.25, -0.2) is 4.79 Å². The predicted molar refractivity (Wildman–Crippen MR) is 80.2 cm³/mol. The summed E-state index contributed by atoms with van der Waals surface area (Å²) in [4.78, 5) is 12.0. The van der Waals surface area contributed by atoms with Crippen molar-refractivity contribution in [1.82, 2.24) is 0 Å². The minimum Gasteiger partial charge on any atom is -0.479 e. The summed E-state index contributed by atoms with van der Waals surface area (Å²) in [7, 11) is 0. The molecule has 0 radical (unpaired) electrons. The largest absolute Gasteiger partial charge is 0.479 e. The Morgan fingerprint density at radius 1 is 1.20 bits per heavy atom. The molecule has 1 aliphatic heterocycles. The molecule has 4 heteroatoms. The van der Waals surface area contributed by atoms with Crippen molar-refractivity contribution in [3.8, 4) is 0 Å². The van der Waals surface area contributed by atoms with Crippen LogP contribution in [-0.2, 0) is 9.53 Å². The molecule has 1 heterocycles. The second kappa shape index (κ2) is 5.85. The Morgan fingerprint density at radius 3 is 2.75 bits per heavy atom. The van der Waals surface area contributed by atoms with E-state index in [-0.39, 0.29) is 6.10 Å². The van der Waals surface area contributed by atoms with Crippen LogP contribution in [0.2, 0.25) is 0 Å². The zero-order valence-electron chi connectivity index (χ0n) is 11.0. The van der Waals surface area contributed by atoms with Gasteiger partial charge in [-0.3, -0.25) is 0 Å². The monoisotopic (exact) mass is 288 g/mol. The zero-order valence-corrected chi connectivity index (χ0v) is 11.8. The fourth-order valence-electron chi connectivity index (χ4n) is 2.46. The summed E-state index contributed by atoms with van der Waals surface area (Å²) >= 11 is 1.73. The fourth-order valence-corrected chi connectivity index (χ4v) is 3.45. The Kier molecular flexibility index (Phi) is 3.94. The van der Waals surface area contributed by atoms with Gasteiger partial charge in [0.05, 0.1) is 6.10 Å². The highest BCUT2D eigenvalue weighted by atomic mass is 32.2. The van der Waals surface area contributed by atoms with Crippen molar-refractivity contribution in [2.75, 3.05) is 5.75 Å². The van der Waals surface area contributed by atoms with E-state index in [0.717, 1.165) is 12.2 Å². The lowest BCUT2D eigenvalue weighted by atomic mass is 10.1. The standard InChI is InChI=1S/C16H16O3S/c17-16(18)15-8-6-13(19-15)10-20-14-7-5-11-3-1-2-4-12(11)9-14/h1-5,7,9,13,15H,6,8,10H2,(H,17,18). The van der Waals surface area contributed by atoms with Gasteiger partial charge in [0.15, 0.2) is 6.10 Å². The summed E-state index contributed by atoms with van der Waals surface area (Å²) in [5.74, 6) is -0.0366. The SMILES string of the molecule is O=C(O)C1CCC(CSc2ccc3ccccc3c2)O1. The van der Waals surface area contributed by atoms with E-state index in [1.807, 2.05) is 12.1 Å². The predicted octanol–water partition coefficient (Wildman–Crippen LogP) is 3.56. The van der Waals surface area contributed by atoms with Crippen molar-refractivity contribution in [1.29, 1.82) is 0 Å². The van der Waals surface area contributed by atoms with E-state index in [2.05, 4.69) is 30.3 Å². The molecule has 104 valence electrons. The third-order valence-electron chi connectivity index (χ3n) is 3.54. The molecule has 20 heavy (non-hydrogen) atoms. The molecule has 1 fully saturated rings. The summed E-state index contributed by atoms with van der Waals surface area (Å²) in [6, 6.07) is 14.7. The van der Waals surface area contributed by atoms with Crippen molar-refractivity contribution < 1.29 is 14.6 Å².